The molecule has 6 nitrogen and oxygen atoms in total. The summed E-state index contributed by atoms with van der Waals surface area (Å²) >= 11 is 0. The Balaban J connectivity index is 1.16. The molecule has 2 saturated heterocycles. The van der Waals surface area contributed by atoms with Crippen molar-refractivity contribution in [1.82, 2.24) is 5.32 Å². The Hall–Kier alpha value is -0.240. The molecule has 240 valence electrons. The van der Waals surface area contributed by atoms with E-state index in [1.54, 1.807) is 0 Å². The average Bonchev–Trinajstić information content (AvgIpc) is 3.58. The second-order valence-electron chi connectivity index (χ2n) is 17.3. The summed E-state index contributed by atoms with van der Waals surface area (Å²) in [6.07, 6.45) is 9.67. The molecule has 5 aliphatic carbocycles. The van der Waals surface area contributed by atoms with Gasteiger partial charge in [0.25, 0.3) is 0 Å². The molecule has 0 aromatic heterocycles. The summed E-state index contributed by atoms with van der Waals surface area (Å²) in [5, 5.41) is 16.0. The van der Waals surface area contributed by atoms with Crippen LogP contribution < -0.4 is 5.32 Å². The first kappa shape index (κ1) is 30.4. The maximum absolute atomic E-state index is 12.5. The standard InChI is InChI=1S/C36H61NO5/c1-9-39-29(21(2)3)23-18-22(4)28-30(41-23)31(38)34(8)25-11-10-24-32(5,6)26(42-27-19-37-16-17-40-27)12-13-35(24)20-36(25,35)15-14-33(28,34)7/h21-31,37-38H,9-20H2,1-8H3/t22-,23?,24+,25+,26+,27+,28+,29-,30?,31+,33-,34-,35-,36?/m1/s1. The van der Waals surface area contributed by atoms with Crippen LogP contribution in [-0.4, -0.2) is 68.2 Å². The largest absolute Gasteiger partial charge is 0.390 e. The molecule has 2 aliphatic heterocycles. The predicted octanol–water partition coefficient (Wildman–Crippen LogP) is 6.19. The van der Waals surface area contributed by atoms with Crippen LogP contribution >= 0.6 is 0 Å². The fraction of sp³-hybridized carbons (Fsp3) is 1.00. The molecule has 7 aliphatic rings. The van der Waals surface area contributed by atoms with E-state index in [2.05, 4.69) is 60.7 Å². The van der Waals surface area contributed by atoms with Crippen LogP contribution in [0.5, 0.6) is 0 Å². The molecular weight excluding hydrogens is 526 g/mol. The van der Waals surface area contributed by atoms with Crippen LogP contribution in [0.1, 0.15) is 107 Å². The summed E-state index contributed by atoms with van der Waals surface area (Å²) in [5.41, 5.74) is 0.908. The molecule has 0 amide bonds. The van der Waals surface area contributed by atoms with E-state index in [1.807, 2.05) is 0 Å². The Kier molecular flexibility index (Phi) is 7.34. The number of hydrogen-bond donors (Lipinski definition) is 2. The van der Waals surface area contributed by atoms with Crippen molar-refractivity contribution in [1.29, 1.82) is 0 Å². The van der Waals surface area contributed by atoms with Crippen LogP contribution in [-0.2, 0) is 18.9 Å². The Morgan fingerprint density at radius 2 is 1.74 bits per heavy atom. The lowest BCUT2D eigenvalue weighted by molar-refractivity contribution is -0.237. The molecule has 0 radical (unpaired) electrons. The number of rotatable bonds is 6. The van der Waals surface area contributed by atoms with E-state index in [4.69, 9.17) is 18.9 Å². The topological polar surface area (TPSA) is 69.2 Å². The monoisotopic (exact) mass is 587 g/mol. The molecular formula is C36H61NO5. The van der Waals surface area contributed by atoms with E-state index in [-0.39, 0.29) is 47.0 Å². The van der Waals surface area contributed by atoms with Gasteiger partial charge in [-0.05, 0) is 110 Å². The van der Waals surface area contributed by atoms with Crippen LogP contribution in [0.15, 0.2) is 0 Å². The molecule has 0 bridgehead atoms. The Labute approximate surface area is 255 Å². The molecule has 0 aromatic carbocycles. The van der Waals surface area contributed by atoms with Crippen molar-refractivity contribution in [2.45, 2.75) is 144 Å². The summed E-state index contributed by atoms with van der Waals surface area (Å²) in [6.45, 7) is 22.3. The van der Waals surface area contributed by atoms with Gasteiger partial charge in [-0.2, -0.15) is 0 Å². The van der Waals surface area contributed by atoms with Crippen molar-refractivity contribution in [3.8, 4) is 0 Å². The van der Waals surface area contributed by atoms with Gasteiger partial charge in [-0.15, -0.1) is 0 Å². The molecule has 0 aromatic rings. The second kappa shape index (κ2) is 10.1. The lowest BCUT2D eigenvalue weighted by Crippen LogP contribution is -2.60. The second-order valence-corrected chi connectivity index (χ2v) is 17.3. The molecule has 2 N–H and O–H groups in total. The lowest BCUT2D eigenvalue weighted by Gasteiger charge is -2.64. The zero-order valence-electron chi connectivity index (χ0n) is 27.9. The quantitative estimate of drug-likeness (QED) is 0.386. The third kappa shape index (κ3) is 3.84. The van der Waals surface area contributed by atoms with Crippen molar-refractivity contribution in [2.75, 3.05) is 26.3 Å². The van der Waals surface area contributed by atoms with Crippen molar-refractivity contribution in [3.63, 3.8) is 0 Å². The van der Waals surface area contributed by atoms with Gasteiger partial charge in [0.05, 0.1) is 37.1 Å². The predicted molar refractivity (Wildman–Crippen MR) is 164 cm³/mol. The molecule has 2 spiro atoms. The van der Waals surface area contributed by atoms with Gasteiger partial charge in [-0.25, -0.2) is 0 Å². The molecule has 7 rings (SSSR count). The van der Waals surface area contributed by atoms with Crippen LogP contribution in [0.25, 0.3) is 0 Å². The van der Waals surface area contributed by atoms with Crippen molar-refractivity contribution >= 4 is 0 Å². The van der Waals surface area contributed by atoms with Gasteiger partial charge >= 0.3 is 0 Å². The van der Waals surface area contributed by atoms with Gasteiger partial charge in [-0.1, -0.05) is 48.5 Å². The van der Waals surface area contributed by atoms with Gasteiger partial charge in [0, 0.05) is 25.1 Å². The maximum Gasteiger partial charge on any atom is 0.170 e. The third-order valence-corrected chi connectivity index (χ3v) is 15.4. The highest BCUT2D eigenvalue weighted by Crippen LogP contribution is 2.89. The number of morpholine rings is 1. The van der Waals surface area contributed by atoms with Crippen LogP contribution in [0.3, 0.4) is 0 Å². The number of ether oxygens (including phenoxy) is 4. The first-order valence-electron chi connectivity index (χ1n) is 17.8. The minimum Gasteiger partial charge on any atom is -0.390 e. The maximum atomic E-state index is 12.5. The SMILES string of the molecule is CCO[C@H](C(C)C)C1C[C@@H](C)[C@H]2C(O1)[C@H](O)[C@@]1(C)[C@@H]3CC[C@H]4C(C)(C)[C@@H](O[C@H]5CNCCO5)CC[C@@]45CC35CC[C@]21C. The van der Waals surface area contributed by atoms with Crippen LogP contribution in [0, 0.1) is 56.7 Å². The minimum atomic E-state index is -0.410. The van der Waals surface area contributed by atoms with E-state index in [0.717, 1.165) is 32.5 Å². The zero-order chi connectivity index (χ0) is 29.9. The number of hydrogen-bond acceptors (Lipinski definition) is 6. The van der Waals surface area contributed by atoms with Gasteiger partial charge in [0.15, 0.2) is 6.29 Å². The van der Waals surface area contributed by atoms with Gasteiger partial charge < -0.3 is 29.4 Å². The Morgan fingerprint density at radius 1 is 1.00 bits per heavy atom. The summed E-state index contributed by atoms with van der Waals surface area (Å²) in [5.74, 6) is 2.60. The number of nitrogens with one attached hydrogen (secondary N) is 1. The number of aliphatic hydroxyl groups is 1. The minimum absolute atomic E-state index is 0.0691. The van der Waals surface area contributed by atoms with Crippen LogP contribution in [0.2, 0.25) is 0 Å². The Bertz CT molecular complexity index is 1030. The molecule has 6 heteroatoms. The van der Waals surface area contributed by atoms with E-state index in [1.165, 1.54) is 38.5 Å². The molecule has 2 heterocycles. The first-order chi connectivity index (χ1) is 19.9. The number of aliphatic hydroxyl groups excluding tert-OH is 1. The molecule has 14 atom stereocenters. The third-order valence-electron chi connectivity index (χ3n) is 15.4. The van der Waals surface area contributed by atoms with E-state index < -0.39 is 6.10 Å². The summed E-state index contributed by atoms with van der Waals surface area (Å²) in [6, 6.07) is 0. The first-order valence-corrected chi connectivity index (χ1v) is 17.8. The van der Waals surface area contributed by atoms with Crippen molar-refractivity contribution in [2.24, 2.45) is 56.7 Å². The highest BCUT2D eigenvalue weighted by molar-refractivity contribution is 5.32. The fourth-order valence-corrected chi connectivity index (χ4v) is 13.5. The van der Waals surface area contributed by atoms with Crippen LogP contribution in [0.4, 0.5) is 0 Å². The lowest BCUT2D eigenvalue weighted by atomic mass is 9.41. The smallest absolute Gasteiger partial charge is 0.170 e. The zero-order valence-corrected chi connectivity index (χ0v) is 27.9. The Morgan fingerprint density at radius 3 is 2.43 bits per heavy atom. The van der Waals surface area contributed by atoms with E-state index in [9.17, 15) is 5.11 Å². The highest BCUT2D eigenvalue weighted by Gasteiger charge is 2.84. The van der Waals surface area contributed by atoms with Gasteiger partial charge in [0.2, 0.25) is 0 Å². The average molecular weight is 588 g/mol. The van der Waals surface area contributed by atoms with E-state index in [0.29, 0.717) is 47.0 Å². The van der Waals surface area contributed by atoms with Crippen molar-refractivity contribution < 1.29 is 24.1 Å². The summed E-state index contributed by atoms with van der Waals surface area (Å²) in [7, 11) is 0. The van der Waals surface area contributed by atoms with Crippen molar-refractivity contribution in [3.05, 3.63) is 0 Å². The normalized spacial score (nSPS) is 55.1. The van der Waals surface area contributed by atoms with Gasteiger partial charge in [0.1, 0.15) is 0 Å². The molecule has 7 fully saturated rings. The molecule has 5 saturated carbocycles. The van der Waals surface area contributed by atoms with Gasteiger partial charge in [-0.3, -0.25) is 0 Å². The fourth-order valence-electron chi connectivity index (χ4n) is 13.5. The summed E-state index contributed by atoms with van der Waals surface area (Å²) < 4.78 is 26.0. The van der Waals surface area contributed by atoms with E-state index >= 15 is 0 Å². The molecule has 42 heavy (non-hydrogen) atoms. The summed E-state index contributed by atoms with van der Waals surface area (Å²) in [4.78, 5) is 0. The number of fused-ring (bicyclic) bond motifs is 4. The highest BCUT2D eigenvalue weighted by atomic mass is 16.7. The molecule has 3 unspecified atom stereocenters.